The highest BCUT2D eigenvalue weighted by atomic mass is 16.5. The van der Waals surface area contributed by atoms with E-state index in [1.54, 1.807) is 7.11 Å². The van der Waals surface area contributed by atoms with Crippen LogP contribution in [0.1, 0.15) is 40.0 Å². The van der Waals surface area contributed by atoms with Crippen LogP contribution >= 0.6 is 0 Å². The number of rotatable bonds is 6. The highest BCUT2D eigenvalue weighted by Gasteiger charge is 2.35. The third-order valence-corrected chi connectivity index (χ3v) is 4.38. The van der Waals surface area contributed by atoms with Crippen molar-refractivity contribution in [1.82, 2.24) is 5.32 Å². The molecule has 1 fully saturated rings. The van der Waals surface area contributed by atoms with Crippen molar-refractivity contribution in [1.29, 1.82) is 0 Å². The standard InChI is InChI=1S/C18H29NO2/c1-5-10-19-17-12-13(2)11-14(3)18(17)21-16-8-6-15(20-4)7-9-16/h6-9,13-14,17-19H,5,10-12H2,1-4H3. The van der Waals surface area contributed by atoms with E-state index in [1.165, 1.54) is 12.8 Å². The van der Waals surface area contributed by atoms with Crippen LogP contribution in [0.3, 0.4) is 0 Å². The lowest BCUT2D eigenvalue weighted by Crippen LogP contribution is -2.51. The minimum Gasteiger partial charge on any atom is -0.497 e. The Morgan fingerprint density at radius 3 is 2.38 bits per heavy atom. The van der Waals surface area contributed by atoms with Crippen molar-refractivity contribution in [2.45, 2.75) is 52.2 Å². The zero-order valence-electron chi connectivity index (χ0n) is 13.8. The van der Waals surface area contributed by atoms with Crippen molar-refractivity contribution in [3.05, 3.63) is 24.3 Å². The number of benzene rings is 1. The quantitative estimate of drug-likeness (QED) is 0.863. The fourth-order valence-electron chi connectivity index (χ4n) is 3.37. The first-order valence-corrected chi connectivity index (χ1v) is 8.18. The first-order valence-electron chi connectivity index (χ1n) is 8.18. The van der Waals surface area contributed by atoms with Crippen LogP contribution in [0.5, 0.6) is 11.5 Å². The number of nitrogens with one attached hydrogen (secondary N) is 1. The maximum absolute atomic E-state index is 6.31. The molecule has 1 aromatic carbocycles. The van der Waals surface area contributed by atoms with Crippen LogP contribution in [-0.4, -0.2) is 25.8 Å². The minimum absolute atomic E-state index is 0.251. The molecule has 0 saturated heterocycles. The summed E-state index contributed by atoms with van der Waals surface area (Å²) in [7, 11) is 1.69. The van der Waals surface area contributed by atoms with Gasteiger partial charge in [0, 0.05) is 6.04 Å². The molecular formula is C18H29NO2. The molecule has 0 spiro atoms. The van der Waals surface area contributed by atoms with Gasteiger partial charge in [0.05, 0.1) is 7.11 Å². The molecule has 21 heavy (non-hydrogen) atoms. The summed E-state index contributed by atoms with van der Waals surface area (Å²) in [4.78, 5) is 0. The van der Waals surface area contributed by atoms with Gasteiger partial charge in [-0.25, -0.2) is 0 Å². The summed E-state index contributed by atoms with van der Waals surface area (Å²) in [5.74, 6) is 3.15. The summed E-state index contributed by atoms with van der Waals surface area (Å²) in [6.07, 6.45) is 3.85. The van der Waals surface area contributed by atoms with Crippen LogP contribution in [-0.2, 0) is 0 Å². The van der Waals surface area contributed by atoms with Crippen LogP contribution in [0, 0.1) is 11.8 Å². The topological polar surface area (TPSA) is 30.5 Å². The molecule has 3 heteroatoms. The molecule has 0 radical (unpaired) electrons. The van der Waals surface area contributed by atoms with Gasteiger partial charge >= 0.3 is 0 Å². The Morgan fingerprint density at radius 1 is 1.10 bits per heavy atom. The number of methoxy groups -OCH3 is 1. The molecule has 0 aliphatic heterocycles. The lowest BCUT2D eigenvalue weighted by molar-refractivity contribution is 0.0477. The summed E-state index contributed by atoms with van der Waals surface area (Å²) >= 11 is 0. The van der Waals surface area contributed by atoms with Crippen LogP contribution in [0.4, 0.5) is 0 Å². The Hall–Kier alpha value is -1.22. The second-order valence-corrected chi connectivity index (χ2v) is 6.37. The van der Waals surface area contributed by atoms with Gasteiger partial charge in [0.1, 0.15) is 17.6 Å². The normalized spacial score (nSPS) is 29.1. The molecule has 4 unspecified atom stereocenters. The molecule has 3 nitrogen and oxygen atoms in total. The van der Waals surface area contributed by atoms with E-state index in [0.29, 0.717) is 12.0 Å². The molecule has 0 aromatic heterocycles. The molecule has 4 atom stereocenters. The Bertz CT molecular complexity index is 418. The van der Waals surface area contributed by atoms with E-state index in [9.17, 15) is 0 Å². The molecule has 1 aliphatic carbocycles. The van der Waals surface area contributed by atoms with Gasteiger partial charge in [0.2, 0.25) is 0 Å². The van der Waals surface area contributed by atoms with Gasteiger partial charge in [-0.15, -0.1) is 0 Å². The monoisotopic (exact) mass is 291 g/mol. The molecular weight excluding hydrogens is 262 g/mol. The van der Waals surface area contributed by atoms with Crippen molar-refractivity contribution in [2.24, 2.45) is 11.8 Å². The molecule has 1 saturated carbocycles. The largest absolute Gasteiger partial charge is 0.497 e. The minimum atomic E-state index is 0.251. The van der Waals surface area contributed by atoms with Crippen molar-refractivity contribution in [3.8, 4) is 11.5 Å². The van der Waals surface area contributed by atoms with Gasteiger partial charge in [-0.2, -0.15) is 0 Å². The summed E-state index contributed by atoms with van der Waals surface area (Å²) in [5, 5.41) is 3.68. The van der Waals surface area contributed by atoms with Crippen LogP contribution < -0.4 is 14.8 Å². The first-order chi connectivity index (χ1) is 10.1. The lowest BCUT2D eigenvalue weighted by Gasteiger charge is -2.40. The highest BCUT2D eigenvalue weighted by Crippen LogP contribution is 2.32. The third kappa shape index (κ3) is 4.37. The summed E-state index contributed by atoms with van der Waals surface area (Å²) in [5.41, 5.74) is 0. The highest BCUT2D eigenvalue weighted by molar-refractivity contribution is 5.31. The van der Waals surface area contributed by atoms with Gasteiger partial charge in [-0.05, 0) is 61.9 Å². The van der Waals surface area contributed by atoms with Gasteiger partial charge in [0.25, 0.3) is 0 Å². The SMILES string of the molecule is CCCNC1CC(C)CC(C)C1Oc1ccc(OC)cc1. The van der Waals surface area contributed by atoms with Crippen LogP contribution in [0.2, 0.25) is 0 Å². The first kappa shape index (κ1) is 16.2. The zero-order chi connectivity index (χ0) is 15.2. The second kappa shape index (κ2) is 7.69. The maximum Gasteiger partial charge on any atom is 0.120 e. The molecule has 1 aliphatic rings. The van der Waals surface area contributed by atoms with E-state index < -0.39 is 0 Å². The van der Waals surface area contributed by atoms with E-state index in [0.717, 1.165) is 30.4 Å². The average Bonchev–Trinajstić information content (AvgIpc) is 2.48. The lowest BCUT2D eigenvalue weighted by atomic mass is 9.78. The average molecular weight is 291 g/mol. The van der Waals surface area contributed by atoms with Gasteiger partial charge in [-0.3, -0.25) is 0 Å². The van der Waals surface area contributed by atoms with E-state index in [4.69, 9.17) is 9.47 Å². The van der Waals surface area contributed by atoms with Crippen LogP contribution in [0.15, 0.2) is 24.3 Å². The summed E-state index contributed by atoms with van der Waals surface area (Å²) < 4.78 is 11.5. The van der Waals surface area contributed by atoms with Gasteiger partial charge < -0.3 is 14.8 Å². The maximum atomic E-state index is 6.31. The summed E-state index contributed by atoms with van der Waals surface area (Å²) in [6, 6.07) is 8.37. The predicted octanol–water partition coefficient (Wildman–Crippen LogP) is 3.88. The molecule has 0 heterocycles. The number of hydrogen-bond acceptors (Lipinski definition) is 3. The van der Waals surface area contributed by atoms with E-state index in [2.05, 4.69) is 26.1 Å². The molecule has 1 N–H and O–H groups in total. The van der Waals surface area contributed by atoms with Gasteiger partial charge in [-0.1, -0.05) is 20.8 Å². The molecule has 0 bridgehead atoms. The fourth-order valence-corrected chi connectivity index (χ4v) is 3.37. The second-order valence-electron chi connectivity index (χ2n) is 6.37. The molecule has 0 amide bonds. The van der Waals surface area contributed by atoms with Crippen molar-refractivity contribution >= 4 is 0 Å². The Balaban J connectivity index is 2.05. The Labute approximate surface area is 129 Å². The van der Waals surface area contributed by atoms with Crippen molar-refractivity contribution < 1.29 is 9.47 Å². The Kier molecular flexibility index (Phi) is 5.92. The summed E-state index contributed by atoms with van der Waals surface area (Å²) in [6.45, 7) is 7.93. The zero-order valence-corrected chi connectivity index (χ0v) is 13.8. The fraction of sp³-hybridized carbons (Fsp3) is 0.667. The van der Waals surface area contributed by atoms with E-state index in [1.807, 2.05) is 24.3 Å². The molecule has 2 rings (SSSR count). The Morgan fingerprint density at radius 2 is 1.76 bits per heavy atom. The van der Waals surface area contributed by atoms with E-state index in [-0.39, 0.29) is 6.10 Å². The number of hydrogen-bond donors (Lipinski definition) is 1. The van der Waals surface area contributed by atoms with E-state index >= 15 is 0 Å². The third-order valence-electron chi connectivity index (χ3n) is 4.38. The smallest absolute Gasteiger partial charge is 0.120 e. The molecule has 1 aromatic rings. The van der Waals surface area contributed by atoms with Crippen LogP contribution in [0.25, 0.3) is 0 Å². The van der Waals surface area contributed by atoms with Crippen molar-refractivity contribution in [3.63, 3.8) is 0 Å². The predicted molar refractivity (Wildman–Crippen MR) is 87.1 cm³/mol. The van der Waals surface area contributed by atoms with Gasteiger partial charge in [0.15, 0.2) is 0 Å². The molecule has 118 valence electrons. The van der Waals surface area contributed by atoms with Crippen molar-refractivity contribution in [2.75, 3.05) is 13.7 Å². The number of ether oxygens (including phenoxy) is 2.